The fourth-order valence-electron chi connectivity index (χ4n) is 2.31. The van der Waals surface area contributed by atoms with Crippen LogP contribution >= 0.6 is 23.5 Å². The fraction of sp³-hybridized carbons (Fsp3) is 0.150. The van der Waals surface area contributed by atoms with E-state index in [2.05, 4.69) is 21.4 Å². The van der Waals surface area contributed by atoms with E-state index in [1.165, 1.54) is 29.6 Å². The molecule has 3 aromatic rings. The molecule has 0 saturated heterocycles. The van der Waals surface area contributed by atoms with Gasteiger partial charge in [-0.25, -0.2) is 14.4 Å². The zero-order valence-electron chi connectivity index (χ0n) is 14.9. The van der Waals surface area contributed by atoms with Crippen LogP contribution < -0.4 is 5.32 Å². The lowest BCUT2D eigenvalue weighted by Gasteiger charge is -2.09. The van der Waals surface area contributed by atoms with Crippen molar-refractivity contribution in [2.24, 2.45) is 0 Å². The minimum Gasteiger partial charge on any atom is -0.323 e. The molecule has 1 N–H and O–H groups in total. The van der Waals surface area contributed by atoms with Gasteiger partial charge in [0.1, 0.15) is 15.9 Å². The second-order valence-corrected chi connectivity index (χ2v) is 7.93. The largest absolute Gasteiger partial charge is 0.323 e. The Bertz CT molecular complexity index is 965. The van der Waals surface area contributed by atoms with Crippen molar-refractivity contribution in [1.82, 2.24) is 9.97 Å². The van der Waals surface area contributed by atoms with Crippen molar-refractivity contribution < 1.29 is 9.18 Å². The first-order chi connectivity index (χ1) is 13.0. The van der Waals surface area contributed by atoms with E-state index in [1.807, 2.05) is 25.1 Å². The number of aryl methyl sites for hydroxylation is 2. The third-order valence-electron chi connectivity index (χ3n) is 3.58. The van der Waals surface area contributed by atoms with E-state index in [-0.39, 0.29) is 17.3 Å². The van der Waals surface area contributed by atoms with Crippen molar-refractivity contribution in [3.8, 4) is 0 Å². The van der Waals surface area contributed by atoms with E-state index >= 15 is 0 Å². The SMILES string of the molecule is Cc1cccc(Sc2nccnc2SCC(=O)Nc2ccc(C)cc2F)c1. The number of nitrogens with one attached hydrogen (secondary N) is 1. The summed E-state index contributed by atoms with van der Waals surface area (Å²) in [4.78, 5) is 22.0. The number of amides is 1. The highest BCUT2D eigenvalue weighted by Gasteiger charge is 2.12. The molecule has 1 aromatic heterocycles. The van der Waals surface area contributed by atoms with Crippen molar-refractivity contribution in [2.45, 2.75) is 28.8 Å². The zero-order valence-corrected chi connectivity index (χ0v) is 16.5. The summed E-state index contributed by atoms with van der Waals surface area (Å²) in [6.07, 6.45) is 3.23. The molecule has 0 unspecified atom stereocenters. The Balaban J connectivity index is 1.65. The van der Waals surface area contributed by atoms with Crippen molar-refractivity contribution in [3.63, 3.8) is 0 Å². The summed E-state index contributed by atoms with van der Waals surface area (Å²) in [5.41, 5.74) is 2.15. The molecule has 0 spiro atoms. The lowest BCUT2D eigenvalue weighted by Crippen LogP contribution is -2.15. The maximum atomic E-state index is 13.9. The number of aromatic nitrogens is 2. The lowest BCUT2D eigenvalue weighted by molar-refractivity contribution is -0.113. The van der Waals surface area contributed by atoms with E-state index in [4.69, 9.17) is 0 Å². The van der Waals surface area contributed by atoms with Crippen LogP contribution in [0.1, 0.15) is 11.1 Å². The summed E-state index contributed by atoms with van der Waals surface area (Å²) in [5, 5.41) is 4.00. The standard InChI is InChI=1S/C20H18FN3OS2/c1-13-4-3-5-15(10-13)27-20-19(22-8-9-23-20)26-12-18(25)24-17-7-6-14(2)11-16(17)21/h3-11H,12H2,1-2H3,(H,24,25). The Kier molecular flexibility index (Phi) is 6.47. The summed E-state index contributed by atoms with van der Waals surface area (Å²) in [6.45, 7) is 3.83. The van der Waals surface area contributed by atoms with Gasteiger partial charge in [0.05, 0.1) is 11.4 Å². The topological polar surface area (TPSA) is 54.9 Å². The third-order valence-corrected chi connectivity index (χ3v) is 5.67. The summed E-state index contributed by atoms with van der Waals surface area (Å²) in [6, 6.07) is 12.8. The van der Waals surface area contributed by atoms with Gasteiger partial charge in [0.2, 0.25) is 5.91 Å². The first-order valence-corrected chi connectivity index (χ1v) is 10.1. The zero-order chi connectivity index (χ0) is 19.2. The number of rotatable bonds is 6. The Morgan fingerprint density at radius 1 is 1.04 bits per heavy atom. The second kappa shape index (κ2) is 9.01. The van der Waals surface area contributed by atoms with Crippen LogP contribution in [0, 0.1) is 19.7 Å². The van der Waals surface area contributed by atoms with Crippen LogP contribution in [0.25, 0.3) is 0 Å². The molecule has 0 atom stereocenters. The van der Waals surface area contributed by atoms with Gasteiger partial charge >= 0.3 is 0 Å². The number of hydrogen-bond donors (Lipinski definition) is 1. The first-order valence-electron chi connectivity index (χ1n) is 8.25. The molecule has 7 heteroatoms. The second-order valence-electron chi connectivity index (χ2n) is 5.91. The van der Waals surface area contributed by atoms with Gasteiger partial charge in [0.15, 0.2) is 0 Å². The molecule has 0 fully saturated rings. The molecule has 138 valence electrons. The summed E-state index contributed by atoms with van der Waals surface area (Å²) < 4.78 is 13.9. The molecule has 0 bridgehead atoms. The van der Waals surface area contributed by atoms with Crippen LogP contribution in [0.4, 0.5) is 10.1 Å². The number of hydrogen-bond acceptors (Lipinski definition) is 5. The molecule has 4 nitrogen and oxygen atoms in total. The van der Waals surface area contributed by atoms with E-state index in [1.54, 1.807) is 31.5 Å². The molecule has 27 heavy (non-hydrogen) atoms. The summed E-state index contributed by atoms with van der Waals surface area (Å²) >= 11 is 2.78. The Morgan fingerprint density at radius 3 is 2.52 bits per heavy atom. The maximum Gasteiger partial charge on any atom is 0.234 e. The smallest absolute Gasteiger partial charge is 0.234 e. The summed E-state index contributed by atoms with van der Waals surface area (Å²) in [5.74, 6) is -0.614. The molecule has 0 saturated carbocycles. The van der Waals surface area contributed by atoms with E-state index in [0.717, 1.165) is 21.0 Å². The fourth-order valence-corrected chi connectivity index (χ4v) is 4.14. The monoisotopic (exact) mass is 399 g/mol. The van der Waals surface area contributed by atoms with Gasteiger partial charge < -0.3 is 5.32 Å². The lowest BCUT2D eigenvalue weighted by atomic mass is 10.2. The van der Waals surface area contributed by atoms with E-state index in [9.17, 15) is 9.18 Å². The molecule has 3 rings (SSSR count). The van der Waals surface area contributed by atoms with Crippen LogP contribution in [0.3, 0.4) is 0 Å². The third kappa shape index (κ3) is 5.55. The quantitative estimate of drug-likeness (QED) is 0.584. The number of anilines is 1. The molecular formula is C20H18FN3OS2. The predicted octanol–water partition coefficient (Wildman–Crippen LogP) is 5.11. The molecule has 0 radical (unpaired) electrons. The average Bonchev–Trinajstić information content (AvgIpc) is 2.63. The van der Waals surface area contributed by atoms with Crippen LogP contribution in [0.2, 0.25) is 0 Å². The normalized spacial score (nSPS) is 10.6. The van der Waals surface area contributed by atoms with Crippen LogP contribution in [0.5, 0.6) is 0 Å². The van der Waals surface area contributed by atoms with E-state index in [0.29, 0.717) is 5.03 Å². The molecule has 1 heterocycles. The van der Waals surface area contributed by atoms with Gasteiger partial charge in [-0.1, -0.05) is 47.3 Å². The highest BCUT2D eigenvalue weighted by atomic mass is 32.2. The molecular weight excluding hydrogens is 381 g/mol. The Hall–Kier alpha value is -2.38. The number of carbonyl (C=O) groups excluding carboxylic acids is 1. The van der Waals surface area contributed by atoms with E-state index < -0.39 is 5.82 Å². The molecule has 2 aromatic carbocycles. The van der Waals surface area contributed by atoms with Gasteiger partial charge in [-0.2, -0.15) is 0 Å². The van der Waals surface area contributed by atoms with Crippen molar-refractivity contribution in [2.75, 3.05) is 11.1 Å². The molecule has 0 aliphatic carbocycles. The average molecular weight is 400 g/mol. The van der Waals surface area contributed by atoms with Crippen molar-refractivity contribution in [1.29, 1.82) is 0 Å². The Morgan fingerprint density at radius 2 is 1.78 bits per heavy atom. The van der Waals surface area contributed by atoms with Crippen LogP contribution in [0.15, 0.2) is 69.8 Å². The minimum atomic E-state index is -0.441. The van der Waals surface area contributed by atoms with Gasteiger partial charge in [-0.15, -0.1) is 0 Å². The molecule has 0 aliphatic heterocycles. The maximum absolute atomic E-state index is 13.9. The van der Waals surface area contributed by atoms with Crippen LogP contribution in [-0.4, -0.2) is 21.6 Å². The predicted molar refractivity (Wildman–Crippen MR) is 108 cm³/mol. The number of thioether (sulfide) groups is 1. The van der Waals surface area contributed by atoms with Gasteiger partial charge in [0.25, 0.3) is 0 Å². The Labute approximate surface area is 166 Å². The number of benzene rings is 2. The highest BCUT2D eigenvalue weighted by molar-refractivity contribution is 8.02. The summed E-state index contributed by atoms with van der Waals surface area (Å²) in [7, 11) is 0. The number of nitrogens with zero attached hydrogens (tertiary/aromatic N) is 2. The van der Waals surface area contributed by atoms with Gasteiger partial charge in [-0.05, 0) is 43.7 Å². The molecule has 1 amide bonds. The van der Waals surface area contributed by atoms with Crippen LogP contribution in [-0.2, 0) is 4.79 Å². The van der Waals surface area contributed by atoms with Gasteiger partial charge in [-0.3, -0.25) is 4.79 Å². The number of carbonyl (C=O) groups is 1. The number of halogens is 1. The van der Waals surface area contributed by atoms with Gasteiger partial charge in [0, 0.05) is 17.3 Å². The van der Waals surface area contributed by atoms with Crippen molar-refractivity contribution >= 4 is 35.1 Å². The first kappa shape index (κ1) is 19.4. The highest BCUT2D eigenvalue weighted by Crippen LogP contribution is 2.32. The minimum absolute atomic E-state index is 0.118. The molecule has 0 aliphatic rings. The van der Waals surface area contributed by atoms with Crippen molar-refractivity contribution in [3.05, 3.63) is 71.8 Å².